The van der Waals surface area contributed by atoms with Gasteiger partial charge in [-0.1, -0.05) is 48.5 Å². The standard InChI is InChI=1S/C29H31N5O2/c1-35-23-14-13-21(27(17-23)36-2)19-34-28(15-12-20-8-4-3-5-9-20)32-33-29(34)25(30)16-22-18-31-26-11-7-6-10-24(22)26/h3-11,13-14,17-18,25,31H,12,15-16,19,30H2,1-2H3. The van der Waals surface area contributed by atoms with E-state index < -0.39 is 0 Å². The second-order valence-corrected chi connectivity index (χ2v) is 8.89. The molecule has 0 aliphatic rings. The Bertz CT molecular complexity index is 1440. The third-order valence-corrected chi connectivity index (χ3v) is 6.61. The summed E-state index contributed by atoms with van der Waals surface area (Å²) in [5.74, 6) is 3.18. The van der Waals surface area contributed by atoms with Crippen molar-refractivity contribution in [2.24, 2.45) is 5.73 Å². The van der Waals surface area contributed by atoms with Gasteiger partial charge in [0.15, 0.2) is 5.82 Å². The third-order valence-electron chi connectivity index (χ3n) is 6.61. The van der Waals surface area contributed by atoms with Gasteiger partial charge in [0.2, 0.25) is 0 Å². The molecule has 0 aliphatic carbocycles. The lowest BCUT2D eigenvalue weighted by Gasteiger charge is -2.17. The predicted molar refractivity (Wildman–Crippen MR) is 141 cm³/mol. The maximum Gasteiger partial charge on any atom is 0.150 e. The first-order chi connectivity index (χ1) is 17.7. The molecule has 1 atom stereocenters. The van der Waals surface area contributed by atoms with Gasteiger partial charge in [-0.15, -0.1) is 10.2 Å². The van der Waals surface area contributed by atoms with E-state index in [4.69, 9.17) is 15.2 Å². The van der Waals surface area contributed by atoms with E-state index in [-0.39, 0.29) is 6.04 Å². The van der Waals surface area contributed by atoms with E-state index in [1.165, 1.54) is 16.5 Å². The van der Waals surface area contributed by atoms with Crippen molar-refractivity contribution in [3.63, 3.8) is 0 Å². The minimum Gasteiger partial charge on any atom is -0.497 e. The molecule has 7 heteroatoms. The number of hydrogen-bond acceptors (Lipinski definition) is 5. The van der Waals surface area contributed by atoms with Gasteiger partial charge in [-0.3, -0.25) is 0 Å². The topological polar surface area (TPSA) is 91.0 Å². The maximum atomic E-state index is 6.78. The average molecular weight is 482 g/mol. The number of nitrogens with zero attached hydrogens (tertiary/aromatic N) is 3. The summed E-state index contributed by atoms with van der Waals surface area (Å²) in [5, 5.41) is 10.4. The van der Waals surface area contributed by atoms with Crippen molar-refractivity contribution in [3.8, 4) is 11.5 Å². The monoisotopic (exact) mass is 481 g/mol. The van der Waals surface area contributed by atoms with Gasteiger partial charge in [-0.2, -0.15) is 0 Å². The molecule has 3 aromatic carbocycles. The van der Waals surface area contributed by atoms with Crippen LogP contribution in [0.25, 0.3) is 10.9 Å². The zero-order chi connectivity index (χ0) is 24.9. The Kier molecular flexibility index (Phi) is 7.00. The van der Waals surface area contributed by atoms with Gasteiger partial charge in [0.05, 0.1) is 26.8 Å². The van der Waals surface area contributed by atoms with Gasteiger partial charge in [-0.25, -0.2) is 0 Å². The van der Waals surface area contributed by atoms with Crippen molar-refractivity contribution in [1.82, 2.24) is 19.7 Å². The largest absolute Gasteiger partial charge is 0.497 e. The number of aromatic amines is 1. The first-order valence-electron chi connectivity index (χ1n) is 12.1. The van der Waals surface area contributed by atoms with Crippen LogP contribution in [0.2, 0.25) is 0 Å². The van der Waals surface area contributed by atoms with E-state index in [2.05, 4.69) is 56.1 Å². The molecule has 2 aromatic heterocycles. The number of aromatic nitrogens is 4. The number of H-pyrrole nitrogens is 1. The first-order valence-corrected chi connectivity index (χ1v) is 12.1. The Morgan fingerprint density at radius 2 is 1.69 bits per heavy atom. The lowest BCUT2D eigenvalue weighted by molar-refractivity contribution is 0.389. The zero-order valence-corrected chi connectivity index (χ0v) is 20.6. The molecular weight excluding hydrogens is 450 g/mol. The van der Waals surface area contributed by atoms with Crippen molar-refractivity contribution in [1.29, 1.82) is 0 Å². The lowest BCUT2D eigenvalue weighted by Crippen LogP contribution is -2.21. The van der Waals surface area contributed by atoms with E-state index in [1.54, 1.807) is 14.2 Å². The molecular formula is C29H31N5O2. The molecule has 184 valence electrons. The van der Waals surface area contributed by atoms with Crippen LogP contribution in [0.3, 0.4) is 0 Å². The minimum absolute atomic E-state index is 0.313. The molecule has 7 nitrogen and oxygen atoms in total. The van der Waals surface area contributed by atoms with Crippen molar-refractivity contribution < 1.29 is 9.47 Å². The fourth-order valence-electron chi connectivity index (χ4n) is 4.66. The predicted octanol–water partition coefficient (Wildman–Crippen LogP) is 4.85. The average Bonchev–Trinajstić information content (AvgIpc) is 3.52. The van der Waals surface area contributed by atoms with E-state index >= 15 is 0 Å². The fourth-order valence-corrected chi connectivity index (χ4v) is 4.66. The number of nitrogens with two attached hydrogens (primary N) is 1. The summed E-state index contributed by atoms with van der Waals surface area (Å²) in [7, 11) is 3.32. The van der Waals surface area contributed by atoms with Crippen LogP contribution in [0, 0.1) is 0 Å². The smallest absolute Gasteiger partial charge is 0.150 e. The summed E-state index contributed by atoms with van der Waals surface area (Å²) in [4.78, 5) is 3.34. The van der Waals surface area contributed by atoms with Crippen LogP contribution < -0.4 is 15.2 Å². The number of fused-ring (bicyclic) bond motifs is 1. The van der Waals surface area contributed by atoms with Crippen LogP contribution in [-0.4, -0.2) is 34.0 Å². The molecule has 2 heterocycles. The molecule has 0 bridgehead atoms. The molecule has 0 saturated heterocycles. The Labute approximate surface area is 210 Å². The molecule has 0 amide bonds. The quantitative estimate of drug-likeness (QED) is 0.297. The lowest BCUT2D eigenvalue weighted by atomic mass is 10.0. The molecule has 0 radical (unpaired) electrons. The summed E-state index contributed by atoms with van der Waals surface area (Å²) in [6.07, 6.45) is 4.32. The van der Waals surface area contributed by atoms with Gasteiger partial charge in [0, 0.05) is 35.2 Å². The highest BCUT2D eigenvalue weighted by atomic mass is 16.5. The second-order valence-electron chi connectivity index (χ2n) is 8.89. The number of rotatable bonds is 10. The molecule has 0 aliphatic heterocycles. The molecule has 0 fully saturated rings. The number of nitrogens with one attached hydrogen (secondary N) is 1. The van der Waals surface area contributed by atoms with E-state index in [0.29, 0.717) is 13.0 Å². The maximum absolute atomic E-state index is 6.78. The molecule has 0 saturated carbocycles. The van der Waals surface area contributed by atoms with Gasteiger partial charge in [-0.05, 0) is 42.2 Å². The highest BCUT2D eigenvalue weighted by molar-refractivity contribution is 5.83. The molecule has 5 rings (SSSR count). The Morgan fingerprint density at radius 1 is 0.889 bits per heavy atom. The minimum atomic E-state index is -0.313. The van der Waals surface area contributed by atoms with Crippen LogP contribution in [0.5, 0.6) is 11.5 Å². The van der Waals surface area contributed by atoms with Gasteiger partial charge >= 0.3 is 0 Å². The summed E-state index contributed by atoms with van der Waals surface area (Å²) >= 11 is 0. The molecule has 0 spiro atoms. The molecule has 3 N–H and O–H groups in total. The van der Waals surface area contributed by atoms with E-state index in [0.717, 1.165) is 47.1 Å². The SMILES string of the molecule is COc1ccc(Cn2c(CCc3ccccc3)nnc2C(N)Cc2c[nH]c3ccccc23)c(OC)c1. The van der Waals surface area contributed by atoms with Crippen LogP contribution in [0.15, 0.2) is 79.0 Å². The zero-order valence-electron chi connectivity index (χ0n) is 20.6. The molecule has 1 unspecified atom stereocenters. The molecule has 36 heavy (non-hydrogen) atoms. The Morgan fingerprint density at radius 3 is 2.50 bits per heavy atom. The Hall–Kier alpha value is -4.10. The number of ether oxygens (including phenoxy) is 2. The number of benzene rings is 3. The van der Waals surface area contributed by atoms with Crippen LogP contribution >= 0.6 is 0 Å². The van der Waals surface area contributed by atoms with E-state index in [1.807, 2.05) is 42.6 Å². The normalized spacial score (nSPS) is 12.1. The van der Waals surface area contributed by atoms with Crippen molar-refractivity contribution >= 4 is 10.9 Å². The molecule has 5 aromatic rings. The van der Waals surface area contributed by atoms with E-state index in [9.17, 15) is 0 Å². The summed E-state index contributed by atoms with van der Waals surface area (Å²) < 4.78 is 13.2. The number of aryl methyl sites for hydroxylation is 2. The first kappa shape index (κ1) is 23.6. The van der Waals surface area contributed by atoms with Crippen LogP contribution in [0.1, 0.15) is 34.4 Å². The van der Waals surface area contributed by atoms with Gasteiger partial charge in [0.25, 0.3) is 0 Å². The van der Waals surface area contributed by atoms with Crippen molar-refractivity contribution in [2.45, 2.75) is 31.8 Å². The van der Waals surface area contributed by atoms with Crippen molar-refractivity contribution in [3.05, 3.63) is 107 Å². The number of methoxy groups -OCH3 is 2. The highest BCUT2D eigenvalue weighted by Gasteiger charge is 2.21. The van der Waals surface area contributed by atoms with Crippen molar-refractivity contribution in [2.75, 3.05) is 14.2 Å². The fraction of sp³-hybridized carbons (Fsp3) is 0.241. The Balaban J connectivity index is 1.47. The number of hydrogen-bond donors (Lipinski definition) is 2. The second kappa shape index (κ2) is 10.7. The summed E-state index contributed by atoms with van der Waals surface area (Å²) in [5.41, 5.74) is 11.3. The van der Waals surface area contributed by atoms with Crippen LogP contribution in [0.4, 0.5) is 0 Å². The van der Waals surface area contributed by atoms with Gasteiger partial charge < -0.3 is 24.8 Å². The summed E-state index contributed by atoms with van der Waals surface area (Å²) in [6.45, 7) is 0.557. The summed E-state index contributed by atoms with van der Waals surface area (Å²) in [6, 6.07) is 24.2. The van der Waals surface area contributed by atoms with Crippen LogP contribution in [-0.2, 0) is 25.8 Å². The number of para-hydroxylation sites is 1. The van der Waals surface area contributed by atoms with Gasteiger partial charge in [0.1, 0.15) is 17.3 Å². The third kappa shape index (κ3) is 4.97. The highest BCUT2D eigenvalue weighted by Crippen LogP contribution is 2.28.